The Labute approximate surface area is 99.8 Å². The van der Waals surface area contributed by atoms with Crippen molar-refractivity contribution in [2.24, 2.45) is 5.73 Å². The van der Waals surface area contributed by atoms with Gasteiger partial charge in [0.25, 0.3) is 0 Å². The first-order valence-electron chi connectivity index (χ1n) is 5.30. The summed E-state index contributed by atoms with van der Waals surface area (Å²) in [6.07, 6.45) is 0.221. The lowest BCUT2D eigenvalue weighted by atomic mass is 10.3. The molecule has 0 unspecified atom stereocenters. The Morgan fingerprint density at radius 2 is 2.18 bits per heavy atom. The van der Waals surface area contributed by atoms with Crippen LogP contribution in [-0.4, -0.2) is 30.4 Å². The number of hydrogen-bond donors (Lipinski definition) is 2. The number of nitrogens with two attached hydrogens (primary N) is 1. The molecule has 0 aliphatic heterocycles. The molecule has 94 valence electrons. The number of nitrogens with zero attached hydrogens (tertiary/aromatic N) is 1. The van der Waals surface area contributed by atoms with Gasteiger partial charge in [-0.1, -0.05) is 0 Å². The summed E-state index contributed by atoms with van der Waals surface area (Å²) in [6.45, 7) is 3.03. The summed E-state index contributed by atoms with van der Waals surface area (Å²) >= 11 is 0. The smallest absolute Gasteiger partial charge is 0.318 e. The Bertz CT molecular complexity index is 400. The summed E-state index contributed by atoms with van der Waals surface area (Å²) in [5, 5.41) is 2.02. The van der Waals surface area contributed by atoms with Crippen LogP contribution in [0.3, 0.4) is 0 Å². The molecule has 3 N–H and O–H groups in total. The number of furan rings is 1. The van der Waals surface area contributed by atoms with E-state index in [9.17, 15) is 9.59 Å². The molecule has 17 heavy (non-hydrogen) atoms. The minimum absolute atomic E-state index is 0.221. The number of urea groups is 1. The molecule has 0 aliphatic rings. The molecular weight excluding hydrogens is 222 g/mol. The maximum Gasteiger partial charge on any atom is 0.318 e. The van der Waals surface area contributed by atoms with Crippen LogP contribution in [0.25, 0.3) is 0 Å². The number of carbonyl (C=O) groups is 2. The topological polar surface area (TPSA) is 88.6 Å². The average molecular weight is 239 g/mol. The van der Waals surface area contributed by atoms with Crippen LogP contribution in [0.2, 0.25) is 0 Å². The molecule has 1 heterocycles. The molecule has 0 saturated carbocycles. The minimum atomic E-state index is -0.820. The molecule has 0 radical (unpaired) electrons. The zero-order valence-corrected chi connectivity index (χ0v) is 10.0. The third kappa shape index (κ3) is 5.17. The van der Waals surface area contributed by atoms with Crippen molar-refractivity contribution in [3.8, 4) is 0 Å². The first-order valence-corrected chi connectivity index (χ1v) is 5.30. The highest BCUT2D eigenvalue weighted by molar-refractivity contribution is 5.93. The quantitative estimate of drug-likeness (QED) is 0.787. The fourth-order valence-corrected chi connectivity index (χ4v) is 1.41. The second kappa shape index (κ2) is 6.05. The summed E-state index contributed by atoms with van der Waals surface area (Å²) in [5.74, 6) is 1.33. The fraction of sp³-hybridized carbons (Fsp3) is 0.455. The first-order chi connectivity index (χ1) is 7.97. The molecule has 0 aromatic carbocycles. The van der Waals surface area contributed by atoms with E-state index in [-0.39, 0.29) is 12.3 Å². The van der Waals surface area contributed by atoms with E-state index in [1.807, 2.05) is 36.3 Å². The van der Waals surface area contributed by atoms with Gasteiger partial charge in [-0.25, -0.2) is 4.79 Å². The predicted octanol–water partition coefficient (Wildman–Crippen LogP) is 0.605. The van der Waals surface area contributed by atoms with Crippen molar-refractivity contribution in [3.63, 3.8) is 0 Å². The SMILES string of the molecule is Cc1ccc(CN(C)CCC(=O)NC(N)=O)o1. The average Bonchev–Trinajstić information content (AvgIpc) is 2.60. The van der Waals surface area contributed by atoms with Crippen LogP contribution in [0.5, 0.6) is 0 Å². The molecule has 0 aliphatic carbocycles. The van der Waals surface area contributed by atoms with Gasteiger partial charge in [0.1, 0.15) is 11.5 Å². The number of carbonyl (C=O) groups excluding carboxylic acids is 2. The second-order valence-corrected chi connectivity index (χ2v) is 3.91. The van der Waals surface area contributed by atoms with Crippen LogP contribution in [0.4, 0.5) is 4.79 Å². The normalized spacial score (nSPS) is 10.5. The highest BCUT2D eigenvalue weighted by Crippen LogP contribution is 2.08. The lowest BCUT2D eigenvalue weighted by molar-refractivity contribution is -0.120. The summed E-state index contributed by atoms with van der Waals surface area (Å²) in [4.78, 5) is 23.5. The lowest BCUT2D eigenvalue weighted by Gasteiger charge is -2.14. The Morgan fingerprint density at radius 3 is 2.71 bits per heavy atom. The summed E-state index contributed by atoms with van der Waals surface area (Å²) in [7, 11) is 1.87. The lowest BCUT2D eigenvalue weighted by Crippen LogP contribution is -2.36. The van der Waals surface area contributed by atoms with Gasteiger partial charge in [-0.3, -0.25) is 15.0 Å². The van der Waals surface area contributed by atoms with Gasteiger partial charge in [-0.05, 0) is 26.1 Å². The van der Waals surface area contributed by atoms with Crippen molar-refractivity contribution >= 4 is 11.9 Å². The van der Waals surface area contributed by atoms with Gasteiger partial charge in [0.05, 0.1) is 6.54 Å². The van der Waals surface area contributed by atoms with E-state index in [1.54, 1.807) is 0 Å². The Kier molecular flexibility index (Phi) is 4.71. The number of aryl methyl sites for hydroxylation is 1. The zero-order chi connectivity index (χ0) is 12.8. The van der Waals surface area contributed by atoms with Gasteiger partial charge < -0.3 is 10.2 Å². The number of imide groups is 1. The van der Waals surface area contributed by atoms with E-state index in [2.05, 4.69) is 0 Å². The number of amides is 3. The van der Waals surface area contributed by atoms with Gasteiger partial charge in [0.15, 0.2) is 0 Å². The van der Waals surface area contributed by atoms with E-state index < -0.39 is 6.03 Å². The van der Waals surface area contributed by atoms with Crippen LogP contribution in [0.1, 0.15) is 17.9 Å². The van der Waals surface area contributed by atoms with E-state index in [0.717, 1.165) is 11.5 Å². The van der Waals surface area contributed by atoms with Crippen LogP contribution in [0, 0.1) is 6.92 Å². The van der Waals surface area contributed by atoms with Gasteiger partial charge in [-0.15, -0.1) is 0 Å². The maximum absolute atomic E-state index is 11.2. The molecule has 0 bridgehead atoms. The molecule has 6 heteroatoms. The van der Waals surface area contributed by atoms with Crippen LogP contribution in [0.15, 0.2) is 16.5 Å². The van der Waals surface area contributed by atoms with E-state index >= 15 is 0 Å². The van der Waals surface area contributed by atoms with Crippen LogP contribution in [-0.2, 0) is 11.3 Å². The molecule has 1 aromatic heterocycles. The van der Waals surface area contributed by atoms with Crippen molar-refractivity contribution in [2.75, 3.05) is 13.6 Å². The molecule has 0 fully saturated rings. The Hall–Kier alpha value is -1.82. The van der Waals surface area contributed by atoms with Crippen LogP contribution < -0.4 is 11.1 Å². The summed E-state index contributed by atoms with van der Waals surface area (Å²) in [6, 6.07) is 2.97. The number of rotatable bonds is 5. The van der Waals surface area contributed by atoms with Crippen LogP contribution >= 0.6 is 0 Å². The predicted molar refractivity (Wildman–Crippen MR) is 62.1 cm³/mol. The Balaban J connectivity index is 2.28. The molecule has 0 spiro atoms. The summed E-state index contributed by atoms with van der Waals surface area (Å²) < 4.78 is 5.41. The number of nitrogens with one attached hydrogen (secondary N) is 1. The van der Waals surface area contributed by atoms with Crippen molar-refractivity contribution in [1.29, 1.82) is 0 Å². The molecule has 3 amide bonds. The third-order valence-corrected chi connectivity index (χ3v) is 2.20. The van der Waals surface area contributed by atoms with E-state index in [4.69, 9.17) is 10.2 Å². The zero-order valence-electron chi connectivity index (χ0n) is 10.0. The Morgan fingerprint density at radius 1 is 1.47 bits per heavy atom. The monoisotopic (exact) mass is 239 g/mol. The highest BCUT2D eigenvalue weighted by Gasteiger charge is 2.08. The maximum atomic E-state index is 11.2. The van der Waals surface area contributed by atoms with Gasteiger partial charge in [-0.2, -0.15) is 0 Å². The van der Waals surface area contributed by atoms with Crippen molar-refractivity contribution in [3.05, 3.63) is 23.7 Å². The molecule has 6 nitrogen and oxygen atoms in total. The third-order valence-electron chi connectivity index (χ3n) is 2.20. The largest absolute Gasteiger partial charge is 0.465 e. The first kappa shape index (κ1) is 13.2. The molecule has 1 aromatic rings. The standard InChI is InChI=1S/C11H17N3O3/c1-8-3-4-9(17-8)7-14(2)6-5-10(15)13-11(12)16/h3-4H,5-7H2,1-2H3,(H3,12,13,15,16). The number of primary amides is 1. The van der Waals surface area contributed by atoms with Crippen molar-refractivity contribution < 1.29 is 14.0 Å². The fourth-order valence-electron chi connectivity index (χ4n) is 1.41. The van der Waals surface area contributed by atoms with Crippen molar-refractivity contribution in [2.45, 2.75) is 19.9 Å². The molecule has 1 rings (SSSR count). The van der Waals surface area contributed by atoms with Crippen molar-refractivity contribution in [1.82, 2.24) is 10.2 Å². The van der Waals surface area contributed by atoms with Gasteiger partial charge >= 0.3 is 6.03 Å². The number of hydrogen-bond acceptors (Lipinski definition) is 4. The van der Waals surface area contributed by atoms with Gasteiger partial charge in [0, 0.05) is 13.0 Å². The molecule has 0 atom stereocenters. The van der Waals surface area contributed by atoms with E-state index in [0.29, 0.717) is 13.1 Å². The second-order valence-electron chi connectivity index (χ2n) is 3.91. The molecule has 0 saturated heterocycles. The van der Waals surface area contributed by atoms with Gasteiger partial charge in [0.2, 0.25) is 5.91 Å². The van der Waals surface area contributed by atoms with E-state index in [1.165, 1.54) is 0 Å². The highest BCUT2D eigenvalue weighted by atomic mass is 16.3. The molecular formula is C11H17N3O3. The minimum Gasteiger partial charge on any atom is -0.465 e. The summed E-state index contributed by atoms with van der Waals surface area (Å²) in [5.41, 5.74) is 4.83.